The zero-order chi connectivity index (χ0) is 16.1. The standard InChI is InChI=1S/C16H12O6/c1-21-15(19)12-8-4-5-9-13(12)22-16(20)11-7-3-2-6-10(11)14(17)18/h2-9H,1H3,(H,17,18). The molecule has 0 radical (unpaired) electrons. The molecule has 0 bridgehead atoms. The summed E-state index contributed by atoms with van der Waals surface area (Å²) in [6, 6.07) is 11.7. The number of carbonyl (C=O) groups is 3. The van der Waals surface area contributed by atoms with E-state index in [2.05, 4.69) is 4.74 Å². The molecule has 0 amide bonds. The lowest BCUT2D eigenvalue weighted by Gasteiger charge is -2.09. The van der Waals surface area contributed by atoms with Gasteiger partial charge in [-0.1, -0.05) is 24.3 Å². The lowest BCUT2D eigenvalue weighted by atomic mass is 10.1. The van der Waals surface area contributed by atoms with Crippen molar-refractivity contribution in [2.45, 2.75) is 0 Å². The second-order valence-corrected chi connectivity index (χ2v) is 4.23. The fraction of sp³-hybridized carbons (Fsp3) is 0.0625. The van der Waals surface area contributed by atoms with Crippen LogP contribution in [-0.4, -0.2) is 30.1 Å². The predicted molar refractivity (Wildman–Crippen MR) is 76.1 cm³/mol. The van der Waals surface area contributed by atoms with Gasteiger partial charge in [0.1, 0.15) is 11.3 Å². The van der Waals surface area contributed by atoms with Crippen LogP contribution in [0.15, 0.2) is 48.5 Å². The molecule has 0 fully saturated rings. The van der Waals surface area contributed by atoms with Crippen LogP contribution in [-0.2, 0) is 4.74 Å². The fourth-order valence-corrected chi connectivity index (χ4v) is 1.84. The molecule has 0 aliphatic carbocycles. The van der Waals surface area contributed by atoms with Gasteiger partial charge < -0.3 is 14.6 Å². The summed E-state index contributed by atoms with van der Waals surface area (Å²) in [6.07, 6.45) is 0. The van der Waals surface area contributed by atoms with Gasteiger partial charge in [0.2, 0.25) is 0 Å². The summed E-state index contributed by atoms with van der Waals surface area (Å²) in [4.78, 5) is 34.9. The first-order chi connectivity index (χ1) is 10.5. The van der Waals surface area contributed by atoms with Crippen molar-refractivity contribution in [3.05, 3.63) is 65.2 Å². The number of carboxylic acid groups (broad SMARTS) is 1. The normalized spacial score (nSPS) is 9.86. The second-order valence-electron chi connectivity index (χ2n) is 4.23. The van der Waals surface area contributed by atoms with E-state index in [4.69, 9.17) is 9.84 Å². The van der Waals surface area contributed by atoms with Crippen LogP contribution >= 0.6 is 0 Å². The molecule has 0 heterocycles. The van der Waals surface area contributed by atoms with Crippen LogP contribution in [0, 0.1) is 0 Å². The first-order valence-electron chi connectivity index (χ1n) is 6.26. The average Bonchev–Trinajstić information content (AvgIpc) is 2.54. The number of carboxylic acids is 1. The van der Waals surface area contributed by atoms with Crippen LogP contribution in [0.2, 0.25) is 0 Å². The first kappa shape index (κ1) is 15.2. The number of esters is 2. The smallest absolute Gasteiger partial charge is 0.344 e. The molecule has 0 aliphatic rings. The van der Waals surface area contributed by atoms with Gasteiger partial charge in [0.25, 0.3) is 0 Å². The van der Waals surface area contributed by atoms with Gasteiger partial charge in [-0.15, -0.1) is 0 Å². The van der Waals surface area contributed by atoms with Crippen molar-refractivity contribution in [1.82, 2.24) is 0 Å². The molecular formula is C16H12O6. The van der Waals surface area contributed by atoms with Gasteiger partial charge in [-0.3, -0.25) is 0 Å². The van der Waals surface area contributed by atoms with Crippen LogP contribution in [0.5, 0.6) is 5.75 Å². The zero-order valence-electron chi connectivity index (χ0n) is 11.6. The van der Waals surface area contributed by atoms with Crippen molar-refractivity contribution in [1.29, 1.82) is 0 Å². The molecule has 2 rings (SSSR count). The third-order valence-corrected chi connectivity index (χ3v) is 2.87. The average molecular weight is 300 g/mol. The lowest BCUT2D eigenvalue weighted by molar-refractivity contribution is 0.0589. The summed E-state index contributed by atoms with van der Waals surface area (Å²) >= 11 is 0. The van der Waals surface area contributed by atoms with E-state index >= 15 is 0 Å². The number of para-hydroxylation sites is 1. The Balaban J connectivity index is 2.35. The first-order valence-corrected chi connectivity index (χ1v) is 6.26. The van der Waals surface area contributed by atoms with E-state index in [0.717, 1.165) is 0 Å². The SMILES string of the molecule is COC(=O)c1ccccc1OC(=O)c1ccccc1C(=O)O. The maximum Gasteiger partial charge on any atom is 0.344 e. The lowest BCUT2D eigenvalue weighted by Crippen LogP contribution is -2.15. The quantitative estimate of drug-likeness (QED) is 0.688. The van der Waals surface area contributed by atoms with Crippen LogP contribution < -0.4 is 4.74 Å². The highest BCUT2D eigenvalue weighted by atomic mass is 16.5. The maximum atomic E-state index is 12.2. The molecular weight excluding hydrogens is 288 g/mol. The zero-order valence-corrected chi connectivity index (χ0v) is 11.6. The summed E-state index contributed by atoms with van der Waals surface area (Å²) in [6.45, 7) is 0. The molecule has 0 spiro atoms. The number of hydrogen-bond donors (Lipinski definition) is 1. The Kier molecular flexibility index (Phi) is 4.53. The number of rotatable bonds is 4. The molecule has 0 unspecified atom stereocenters. The van der Waals surface area contributed by atoms with Gasteiger partial charge in [-0.05, 0) is 24.3 Å². The molecule has 112 valence electrons. The van der Waals surface area contributed by atoms with Crippen LogP contribution in [0.25, 0.3) is 0 Å². The molecule has 6 nitrogen and oxygen atoms in total. The molecule has 22 heavy (non-hydrogen) atoms. The predicted octanol–water partition coefficient (Wildman–Crippen LogP) is 2.39. The number of carbonyl (C=O) groups excluding carboxylic acids is 2. The molecule has 0 saturated carbocycles. The molecule has 2 aromatic rings. The third-order valence-electron chi connectivity index (χ3n) is 2.87. The topological polar surface area (TPSA) is 89.9 Å². The Morgan fingerprint density at radius 3 is 1.95 bits per heavy atom. The highest BCUT2D eigenvalue weighted by Crippen LogP contribution is 2.21. The molecule has 0 saturated heterocycles. The summed E-state index contributed by atoms with van der Waals surface area (Å²) in [5, 5.41) is 9.08. The van der Waals surface area contributed by atoms with Crippen molar-refractivity contribution in [3.63, 3.8) is 0 Å². The largest absolute Gasteiger partial charge is 0.478 e. The van der Waals surface area contributed by atoms with E-state index in [-0.39, 0.29) is 22.4 Å². The van der Waals surface area contributed by atoms with Crippen molar-refractivity contribution >= 4 is 17.9 Å². The number of hydrogen-bond acceptors (Lipinski definition) is 5. The summed E-state index contributed by atoms with van der Waals surface area (Å²) in [5.41, 5.74) is -0.205. The summed E-state index contributed by atoms with van der Waals surface area (Å²) in [7, 11) is 1.21. The minimum absolute atomic E-state index is 0.000424. The summed E-state index contributed by atoms with van der Waals surface area (Å²) < 4.78 is 9.74. The molecule has 0 aromatic heterocycles. The van der Waals surface area contributed by atoms with E-state index < -0.39 is 17.9 Å². The summed E-state index contributed by atoms with van der Waals surface area (Å²) in [5.74, 6) is -2.77. The highest BCUT2D eigenvalue weighted by molar-refractivity contribution is 6.03. The minimum atomic E-state index is -1.24. The van der Waals surface area contributed by atoms with Crippen molar-refractivity contribution in [2.75, 3.05) is 7.11 Å². The van der Waals surface area contributed by atoms with Crippen LogP contribution in [0.1, 0.15) is 31.1 Å². The van der Waals surface area contributed by atoms with Gasteiger partial charge in [0.05, 0.1) is 18.2 Å². The van der Waals surface area contributed by atoms with Crippen LogP contribution in [0.4, 0.5) is 0 Å². The van der Waals surface area contributed by atoms with Gasteiger partial charge >= 0.3 is 17.9 Å². The van der Waals surface area contributed by atoms with Gasteiger partial charge in [0, 0.05) is 0 Å². The van der Waals surface area contributed by atoms with E-state index in [1.807, 2.05) is 0 Å². The third kappa shape index (κ3) is 3.12. The molecule has 6 heteroatoms. The van der Waals surface area contributed by atoms with E-state index in [0.29, 0.717) is 0 Å². The Hall–Kier alpha value is -3.15. The molecule has 2 aromatic carbocycles. The number of methoxy groups -OCH3 is 1. The van der Waals surface area contributed by atoms with Crippen LogP contribution in [0.3, 0.4) is 0 Å². The van der Waals surface area contributed by atoms with E-state index in [1.54, 1.807) is 12.1 Å². The second kappa shape index (κ2) is 6.53. The Morgan fingerprint density at radius 1 is 0.818 bits per heavy atom. The molecule has 0 atom stereocenters. The Labute approximate surface area is 125 Å². The van der Waals surface area contributed by atoms with E-state index in [1.165, 1.54) is 43.5 Å². The number of ether oxygens (including phenoxy) is 2. The highest BCUT2D eigenvalue weighted by Gasteiger charge is 2.20. The van der Waals surface area contributed by atoms with Gasteiger partial charge in [-0.25, -0.2) is 14.4 Å². The van der Waals surface area contributed by atoms with Gasteiger partial charge in [-0.2, -0.15) is 0 Å². The Bertz CT molecular complexity index is 735. The Morgan fingerprint density at radius 2 is 1.36 bits per heavy atom. The molecule has 0 aliphatic heterocycles. The molecule has 1 N–H and O–H groups in total. The fourth-order valence-electron chi connectivity index (χ4n) is 1.84. The van der Waals surface area contributed by atoms with Crippen molar-refractivity contribution in [3.8, 4) is 5.75 Å². The number of aromatic carboxylic acids is 1. The van der Waals surface area contributed by atoms with E-state index in [9.17, 15) is 14.4 Å². The number of benzene rings is 2. The van der Waals surface area contributed by atoms with Crippen molar-refractivity contribution in [2.24, 2.45) is 0 Å². The van der Waals surface area contributed by atoms with Crippen molar-refractivity contribution < 1.29 is 29.0 Å². The monoisotopic (exact) mass is 300 g/mol. The van der Waals surface area contributed by atoms with Gasteiger partial charge in [0.15, 0.2) is 0 Å². The minimum Gasteiger partial charge on any atom is -0.478 e. The maximum absolute atomic E-state index is 12.2.